The van der Waals surface area contributed by atoms with E-state index in [2.05, 4.69) is 10.1 Å². The van der Waals surface area contributed by atoms with Crippen molar-refractivity contribution in [1.29, 1.82) is 0 Å². The SMILES string of the molecule is O=C(O)c1noc(C2CCC3CC3C2)n1. The number of rotatable bonds is 2. The minimum absolute atomic E-state index is 0.220. The molecular formula is C10H12N2O3. The zero-order chi connectivity index (χ0) is 10.4. The molecule has 0 aliphatic heterocycles. The molecule has 3 atom stereocenters. The number of hydrogen-bond donors (Lipinski definition) is 1. The van der Waals surface area contributed by atoms with Crippen LogP contribution in [0.1, 0.15) is 48.1 Å². The Morgan fingerprint density at radius 3 is 2.87 bits per heavy atom. The summed E-state index contributed by atoms with van der Waals surface area (Å²) in [7, 11) is 0. The predicted octanol–water partition coefficient (Wildman–Crippen LogP) is 1.67. The molecule has 1 aromatic rings. The summed E-state index contributed by atoms with van der Waals surface area (Å²) in [6.45, 7) is 0. The van der Waals surface area contributed by atoms with E-state index in [1.165, 1.54) is 12.8 Å². The maximum Gasteiger partial charge on any atom is 0.377 e. The van der Waals surface area contributed by atoms with E-state index in [1.54, 1.807) is 0 Å². The smallest absolute Gasteiger partial charge is 0.377 e. The highest BCUT2D eigenvalue weighted by atomic mass is 16.5. The minimum Gasteiger partial charge on any atom is -0.475 e. The number of fused-ring (bicyclic) bond motifs is 1. The highest BCUT2D eigenvalue weighted by Gasteiger charge is 2.43. The van der Waals surface area contributed by atoms with Crippen LogP contribution in [0.25, 0.3) is 0 Å². The van der Waals surface area contributed by atoms with Gasteiger partial charge in [-0.05, 0) is 42.7 Å². The first kappa shape index (κ1) is 8.88. The van der Waals surface area contributed by atoms with Crippen LogP contribution in [0, 0.1) is 11.8 Å². The van der Waals surface area contributed by atoms with Crippen LogP contribution in [0.2, 0.25) is 0 Å². The van der Waals surface area contributed by atoms with Gasteiger partial charge < -0.3 is 9.63 Å². The number of hydrogen-bond acceptors (Lipinski definition) is 4. The van der Waals surface area contributed by atoms with Gasteiger partial charge in [-0.3, -0.25) is 0 Å². The van der Waals surface area contributed by atoms with Gasteiger partial charge in [-0.25, -0.2) is 4.79 Å². The Morgan fingerprint density at radius 1 is 1.33 bits per heavy atom. The molecule has 0 spiro atoms. The third-order valence-electron chi connectivity index (χ3n) is 3.52. The third-order valence-corrected chi connectivity index (χ3v) is 3.52. The minimum atomic E-state index is -1.12. The highest BCUT2D eigenvalue weighted by Crippen LogP contribution is 2.53. The molecule has 5 heteroatoms. The second-order valence-corrected chi connectivity index (χ2v) is 4.53. The van der Waals surface area contributed by atoms with Crippen LogP contribution in [0.3, 0.4) is 0 Å². The Balaban J connectivity index is 1.77. The van der Waals surface area contributed by atoms with E-state index in [9.17, 15) is 4.79 Å². The van der Waals surface area contributed by atoms with Gasteiger partial charge >= 0.3 is 5.97 Å². The largest absolute Gasteiger partial charge is 0.475 e. The van der Waals surface area contributed by atoms with Gasteiger partial charge in [0.25, 0.3) is 5.82 Å². The van der Waals surface area contributed by atoms with Crippen LogP contribution in [0.15, 0.2) is 4.52 Å². The first-order valence-corrected chi connectivity index (χ1v) is 5.31. The molecule has 80 valence electrons. The van der Waals surface area contributed by atoms with Gasteiger partial charge in [0.1, 0.15) is 0 Å². The lowest BCUT2D eigenvalue weighted by molar-refractivity contribution is 0.0680. The summed E-state index contributed by atoms with van der Waals surface area (Å²) in [4.78, 5) is 14.5. The molecule has 3 rings (SSSR count). The molecule has 2 aliphatic rings. The monoisotopic (exact) mass is 208 g/mol. The second-order valence-electron chi connectivity index (χ2n) is 4.53. The lowest BCUT2D eigenvalue weighted by Gasteiger charge is -2.16. The van der Waals surface area contributed by atoms with Gasteiger partial charge in [0.2, 0.25) is 5.89 Å². The fourth-order valence-electron chi connectivity index (χ4n) is 2.56. The lowest BCUT2D eigenvalue weighted by Crippen LogP contribution is -2.08. The Labute approximate surface area is 86.5 Å². The van der Waals surface area contributed by atoms with Crippen molar-refractivity contribution in [2.24, 2.45) is 11.8 Å². The summed E-state index contributed by atoms with van der Waals surface area (Å²) in [6.07, 6.45) is 4.70. The summed E-state index contributed by atoms with van der Waals surface area (Å²) < 4.78 is 4.99. The van der Waals surface area contributed by atoms with Gasteiger partial charge in [0.05, 0.1) is 0 Å². The Kier molecular flexibility index (Phi) is 1.81. The maximum absolute atomic E-state index is 10.6. The molecule has 1 aromatic heterocycles. The number of nitrogens with zero attached hydrogens (tertiary/aromatic N) is 2. The van der Waals surface area contributed by atoms with Crippen LogP contribution in [0.4, 0.5) is 0 Å². The molecular weight excluding hydrogens is 196 g/mol. The van der Waals surface area contributed by atoms with Crippen molar-refractivity contribution in [3.63, 3.8) is 0 Å². The molecule has 1 N–H and O–H groups in total. The quantitative estimate of drug-likeness (QED) is 0.800. The van der Waals surface area contributed by atoms with Crippen molar-refractivity contribution in [3.05, 3.63) is 11.7 Å². The molecule has 1 heterocycles. The molecule has 0 aromatic carbocycles. The van der Waals surface area contributed by atoms with Crippen molar-refractivity contribution in [3.8, 4) is 0 Å². The normalized spacial score (nSPS) is 33.5. The summed E-state index contributed by atoms with van der Waals surface area (Å²) in [5.41, 5.74) is 0. The van der Waals surface area contributed by atoms with E-state index in [0.29, 0.717) is 5.89 Å². The van der Waals surface area contributed by atoms with E-state index in [4.69, 9.17) is 9.63 Å². The van der Waals surface area contributed by atoms with Crippen molar-refractivity contribution in [2.45, 2.75) is 31.6 Å². The summed E-state index contributed by atoms with van der Waals surface area (Å²) in [6, 6.07) is 0. The summed E-state index contributed by atoms with van der Waals surface area (Å²) >= 11 is 0. The van der Waals surface area contributed by atoms with Gasteiger partial charge in [-0.15, -0.1) is 0 Å². The first-order valence-electron chi connectivity index (χ1n) is 5.31. The van der Waals surface area contributed by atoms with E-state index < -0.39 is 5.97 Å². The van der Waals surface area contributed by atoms with Gasteiger partial charge in [-0.2, -0.15) is 4.98 Å². The maximum atomic E-state index is 10.6. The fourth-order valence-corrected chi connectivity index (χ4v) is 2.56. The average Bonchev–Trinajstić information content (AvgIpc) is 2.82. The Bertz CT molecular complexity index is 401. The zero-order valence-electron chi connectivity index (χ0n) is 8.22. The van der Waals surface area contributed by atoms with Crippen LogP contribution in [-0.4, -0.2) is 21.2 Å². The van der Waals surface area contributed by atoms with E-state index >= 15 is 0 Å². The first-order chi connectivity index (χ1) is 7.24. The van der Waals surface area contributed by atoms with Crippen molar-refractivity contribution >= 4 is 5.97 Å². The number of carboxylic acid groups (broad SMARTS) is 1. The predicted molar refractivity (Wildman–Crippen MR) is 49.4 cm³/mol. The number of carboxylic acids is 1. The lowest BCUT2D eigenvalue weighted by atomic mass is 9.89. The average molecular weight is 208 g/mol. The van der Waals surface area contributed by atoms with Crippen LogP contribution < -0.4 is 0 Å². The molecule has 0 bridgehead atoms. The van der Waals surface area contributed by atoms with Crippen LogP contribution in [-0.2, 0) is 0 Å². The fraction of sp³-hybridized carbons (Fsp3) is 0.700. The van der Waals surface area contributed by atoms with Crippen molar-refractivity contribution in [1.82, 2.24) is 10.1 Å². The Hall–Kier alpha value is -1.39. The molecule has 2 fully saturated rings. The van der Waals surface area contributed by atoms with Crippen molar-refractivity contribution < 1.29 is 14.4 Å². The summed E-state index contributed by atoms with van der Waals surface area (Å²) in [5.74, 6) is 1.20. The molecule has 5 nitrogen and oxygen atoms in total. The zero-order valence-corrected chi connectivity index (χ0v) is 8.22. The number of aromatic nitrogens is 2. The van der Waals surface area contributed by atoms with Gasteiger partial charge in [-0.1, -0.05) is 0 Å². The molecule has 0 radical (unpaired) electrons. The Morgan fingerprint density at radius 2 is 2.20 bits per heavy atom. The number of aromatic carboxylic acids is 1. The van der Waals surface area contributed by atoms with Gasteiger partial charge in [0.15, 0.2) is 0 Å². The molecule has 15 heavy (non-hydrogen) atoms. The molecule has 0 amide bonds. The van der Waals surface area contributed by atoms with E-state index in [0.717, 1.165) is 24.7 Å². The molecule has 0 saturated heterocycles. The standard InChI is InChI=1S/C10H12N2O3/c13-10(14)8-11-9(15-12-8)6-2-1-5-3-7(5)4-6/h5-7H,1-4H2,(H,13,14). The topological polar surface area (TPSA) is 76.2 Å². The number of carbonyl (C=O) groups is 1. The van der Waals surface area contributed by atoms with Crippen molar-refractivity contribution in [2.75, 3.05) is 0 Å². The van der Waals surface area contributed by atoms with Gasteiger partial charge in [0, 0.05) is 5.92 Å². The van der Waals surface area contributed by atoms with Crippen LogP contribution >= 0.6 is 0 Å². The van der Waals surface area contributed by atoms with E-state index in [-0.39, 0.29) is 11.7 Å². The van der Waals surface area contributed by atoms with E-state index in [1.807, 2.05) is 0 Å². The second kappa shape index (κ2) is 3.05. The molecule has 3 unspecified atom stereocenters. The van der Waals surface area contributed by atoms with Crippen LogP contribution in [0.5, 0.6) is 0 Å². The molecule has 2 saturated carbocycles. The third kappa shape index (κ3) is 1.52. The highest BCUT2D eigenvalue weighted by molar-refractivity contribution is 5.82. The molecule has 2 aliphatic carbocycles. The summed E-state index contributed by atoms with van der Waals surface area (Å²) in [5, 5.41) is 12.1.